The second kappa shape index (κ2) is 4.21. The lowest BCUT2D eigenvalue weighted by atomic mass is 10.4. The van der Waals surface area contributed by atoms with Gasteiger partial charge in [0.25, 0.3) is 0 Å². The predicted octanol–water partition coefficient (Wildman–Crippen LogP) is 0.885. The Kier molecular flexibility index (Phi) is 3.52. The number of hydrogen-bond acceptors (Lipinski definition) is 2. The molecule has 1 aliphatic rings. The van der Waals surface area contributed by atoms with Gasteiger partial charge in [-0.2, -0.15) is 0 Å². The summed E-state index contributed by atoms with van der Waals surface area (Å²) in [5.41, 5.74) is 0. The van der Waals surface area contributed by atoms with E-state index in [-0.39, 0.29) is 10.9 Å². The first-order chi connectivity index (χ1) is 4.79. The van der Waals surface area contributed by atoms with Crippen molar-refractivity contribution in [3.05, 3.63) is 0 Å². The molecule has 1 aliphatic heterocycles. The third-order valence-corrected chi connectivity index (χ3v) is 2.49. The van der Waals surface area contributed by atoms with Crippen LogP contribution in [0.4, 0.5) is 0 Å². The monoisotopic (exact) mass is 163 g/mol. The van der Waals surface area contributed by atoms with Gasteiger partial charge in [-0.05, 0) is 18.9 Å². The van der Waals surface area contributed by atoms with E-state index in [0.29, 0.717) is 0 Å². The van der Waals surface area contributed by atoms with Gasteiger partial charge in [-0.15, -0.1) is 0 Å². The molecule has 1 saturated heterocycles. The minimum atomic E-state index is 0.223. The molecule has 3 heteroatoms. The second-order valence-electron chi connectivity index (χ2n) is 3.01. The Morgan fingerprint density at radius 2 is 2.30 bits per heavy atom. The van der Waals surface area contributed by atoms with Crippen molar-refractivity contribution < 1.29 is 4.74 Å². The molecular weight excluding hydrogens is 146 g/mol. The van der Waals surface area contributed by atoms with Crippen LogP contribution < -0.4 is 0 Å². The Hall–Kier alpha value is 0.270. The molecule has 1 rings (SSSR count). The maximum absolute atomic E-state index is 5.32. The number of ether oxygens (including phenoxy) is 1. The second-order valence-corrected chi connectivity index (χ2v) is 5.45. The van der Waals surface area contributed by atoms with Crippen molar-refractivity contribution in [3.63, 3.8) is 0 Å². The third-order valence-electron chi connectivity index (χ3n) is 1.52. The largest absolute Gasteiger partial charge is 0.366 e. The van der Waals surface area contributed by atoms with Crippen molar-refractivity contribution in [2.75, 3.05) is 38.3 Å². The summed E-state index contributed by atoms with van der Waals surface area (Å²) >= 11 is 0. The molecule has 0 N–H and O–H groups in total. The summed E-state index contributed by atoms with van der Waals surface area (Å²) in [6, 6.07) is 0. The maximum Gasteiger partial charge on any atom is 0.0996 e. The molecule has 0 aromatic rings. The van der Waals surface area contributed by atoms with Crippen LogP contribution in [-0.4, -0.2) is 43.2 Å². The fourth-order valence-electron chi connectivity index (χ4n) is 1.16. The van der Waals surface area contributed by atoms with Crippen LogP contribution in [0.15, 0.2) is 0 Å². The Balaban J connectivity index is 2.13. The average Bonchev–Trinajstić information content (AvgIpc) is 1.88. The van der Waals surface area contributed by atoms with Gasteiger partial charge in [-0.1, -0.05) is 0 Å². The molecule has 0 aromatic heterocycles. The van der Waals surface area contributed by atoms with Gasteiger partial charge < -0.3 is 4.74 Å². The van der Waals surface area contributed by atoms with Crippen molar-refractivity contribution in [2.24, 2.45) is 0 Å². The summed E-state index contributed by atoms with van der Waals surface area (Å²) < 4.78 is 5.32. The zero-order valence-corrected chi connectivity index (χ0v) is 7.73. The maximum atomic E-state index is 5.32. The van der Waals surface area contributed by atoms with Crippen LogP contribution in [0.3, 0.4) is 0 Å². The zero-order valence-electron chi connectivity index (χ0n) is 6.84. The lowest BCUT2D eigenvalue weighted by Gasteiger charge is -2.28. The van der Waals surface area contributed by atoms with E-state index in [1.807, 2.05) is 0 Å². The molecule has 1 fully saturated rings. The van der Waals surface area contributed by atoms with E-state index in [0.717, 1.165) is 13.3 Å². The summed E-state index contributed by atoms with van der Waals surface area (Å²) in [5.74, 6) is 1.25. The van der Waals surface area contributed by atoms with Crippen LogP contribution in [0.5, 0.6) is 0 Å². The molecule has 0 amide bonds. The summed E-state index contributed by atoms with van der Waals surface area (Å²) in [4.78, 5) is 2.40. The van der Waals surface area contributed by atoms with Gasteiger partial charge in [0.1, 0.15) is 0 Å². The lowest BCUT2D eigenvalue weighted by molar-refractivity contribution is -0.00253. The standard InChI is InChI=1S/C7H17NOS/c1-10(2)7-8-4-3-5-9-6-8/h10H,3-7H2,1-2H3. The molecule has 0 saturated carbocycles. The topological polar surface area (TPSA) is 12.5 Å². The fraction of sp³-hybridized carbons (Fsp3) is 1.00. The Morgan fingerprint density at radius 1 is 1.50 bits per heavy atom. The zero-order chi connectivity index (χ0) is 7.40. The minimum Gasteiger partial charge on any atom is -0.366 e. The predicted molar refractivity (Wildman–Crippen MR) is 47.8 cm³/mol. The van der Waals surface area contributed by atoms with Gasteiger partial charge in [0.2, 0.25) is 0 Å². The van der Waals surface area contributed by atoms with E-state index in [9.17, 15) is 0 Å². The van der Waals surface area contributed by atoms with Crippen LogP contribution in [0, 0.1) is 0 Å². The molecule has 0 aromatic carbocycles. The van der Waals surface area contributed by atoms with Gasteiger partial charge in [-0.3, -0.25) is 4.90 Å². The molecule has 1 heterocycles. The lowest BCUT2D eigenvalue weighted by Crippen LogP contribution is -2.33. The molecule has 0 unspecified atom stereocenters. The van der Waals surface area contributed by atoms with E-state index in [1.54, 1.807) is 0 Å². The highest BCUT2D eigenvalue weighted by Gasteiger charge is 2.09. The van der Waals surface area contributed by atoms with Crippen molar-refractivity contribution in [1.29, 1.82) is 0 Å². The summed E-state index contributed by atoms with van der Waals surface area (Å²) in [6.07, 6.45) is 5.83. The average molecular weight is 163 g/mol. The molecule has 0 radical (unpaired) electrons. The SMILES string of the molecule is C[SH](C)CN1CCCOC1. The van der Waals surface area contributed by atoms with Crippen LogP contribution in [0.2, 0.25) is 0 Å². The fourth-order valence-corrected chi connectivity index (χ4v) is 2.18. The van der Waals surface area contributed by atoms with E-state index in [2.05, 4.69) is 17.4 Å². The van der Waals surface area contributed by atoms with Crippen LogP contribution in [-0.2, 0) is 4.74 Å². The normalized spacial score (nSPS) is 22.8. The van der Waals surface area contributed by atoms with Crippen molar-refractivity contribution in [2.45, 2.75) is 6.42 Å². The molecule has 0 atom stereocenters. The van der Waals surface area contributed by atoms with Gasteiger partial charge in [0.15, 0.2) is 0 Å². The van der Waals surface area contributed by atoms with Gasteiger partial charge in [0, 0.05) is 19.0 Å². The first kappa shape index (κ1) is 8.37. The first-order valence-electron chi connectivity index (χ1n) is 3.74. The van der Waals surface area contributed by atoms with Crippen LogP contribution >= 0.6 is 10.9 Å². The highest BCUT2D eigenvalue weighted by atomic mass is 32.2. The van der Waals surface area contributed by atoms with Gasteiger partial charge in [-0.25, -0.2) is 10.9 Å². The number of nitrogens with zero attached hydrogens (tertiary/aromatic N) is 1. The highest BCUT2D eigenvalue weighted by Crippen LogP contribution is 2.16. The summed E-state index contributed by atoms with van der Waals surface area (Å²) in [6.45, 7) is 3.06. The summed E-state index contributed by atoms with van der Waals surface area (Å²) in [7, 11) is 0.223. The van der Waals surface area contributed by atoms with E-state index in [4.69, 9.17) is 4.74 Å². The van der Waals surface area contributed by atoms with Gasteiger partial charge >= 0.3 is 0 Å². The number of thiol groups is 1. The van der Waals surface area contributed by atoms with Crippen molar-refractivity contribution >= 4 is 10.9 Å². The molecule has 62 valence electrons. The molecule has 0 spiro atoms. The smallest absolute Gasteiger partial charge is 0.0996 e. The van der Waals surface area contributed by atoms with E-state index in [1.165, 1.54) is 18.8 Å². The van der Waals surface area contributed by atoms with Crippen LogP contribution in [0.25, 0.3) is 0 Å². The summed E-state index contributed by atoms with van der Waals surface area (Å²) in [5, 5.41) is 0. The van der Waals surface area contributed by atoms with Crippen LogP contribution in [0.1, 0.15) is 6.42 Å². The first-order valence-corrected chi connectivity index (χ1v) is 6.16. The van der Waals surface area contributed by atoms with Crippen molar-refractivity contribution in [1.82, 2.24) is 4.90 Å². The van der Waals surface area contributed by atoms with Crippen molar-refractivity contribution in [3.8, 4) is 0 Å². The molecular formula is C7H17NOS. The Bertz CT molecular complexity index is 91.6. The Labute approximate surface area is 65.9 Å². The quantitative estimate of drug-likeness (QED) is 0.607. The molecule has 0 bridgehead atoms. The molecule has 2 nitrogen and oxygen atoms in total. The van der Waals surface area contributed by atoms with E-state index < -0.39 is 0 Å². The molecule has 10 heavy (non-hydrogen) atoms. The number of hydrogen-bond donors (Lipinski definition) is 1. The van der Waals surface area contributed by atoms with E-state index >= 15 is 0 Å². The molecule has 0 aliphatic carbocycles. The highest BCUT2D eigenvalue weighted by molar-refractivity contribution is 8.15. The number of rotatable bonds is 2. The minimum absolute atomic E-state index is 0.223. The third kappa shape index (κ3) is 2.90. The Morgan fingerprint density at radius 3 is 2.80 bits per heavy atom. The van der Waals surface area contributed by atoms with Gasteiger partial charge in [0.05, 0.1) is 6.73 Å².